The van der Waals surface area contributed by atoms with Crippen LogP contribution in [0.25, 0.3) is 0 Å². The van der Waals surface area contributed by atoms with Crippen LogP contribution in [-0.4, -0.2) is 17.4 Å². The molecule has 110 valence electrons. The van der Waals surface area contributed by atoms with E-state index >= 15 is 0 Å². The largest absolute Gasteiger partial charge is 0.416 e. The third-order valence-corrected chi connectivity index (χ3v) is 3.32. The number of hydrogen-bond donors (Lipinski definition) is 2. The molecule has 1 rings (SSSR count). The van der Waals surface area contributed by atoms with E-state index in [1.807, 2.05) is 0 Å². The number of thiocarbonyl (C=S) groups is 1. The van der Waals surface area contributed by atoms with Crippen molar-refractivity contribution in [2.45, 2.75) is 19.0 Å². The highest BCUT2D eigenvalue weighted by Crippen LogP contribution is 2.31. The summed E-state index contributed by atoms with van der Waals surface area (Å²) < 4.78 is 38.1. The van der Waals surface area contributed by atoms with Gasteiger partial charge in [-0.25, -0.2) is 0 Å². The number of nitrogens with two attached hydrogens (primary N) is 1. The number of nitrogens with one attached hydrogen (secondary N) is 1. The van der Waals surface area contributed by atoms with Crippen molar-refractivity contribution in [3.8, 4) is 0 Å². The Kier molecular flexibility index (Phi) is 5.94. The van der Waals surface area contributed by atoms with Gasteiger partial charge in [0.15, 0.2) is 0 Å². The lowest BCUT2D eigenvalue weighted by molar-refractivity contribution is -0.137. The minimum Gasteiger partial charge on any atom is -0.393 e. The molecule has 0 aliphatic rings. The summed E-state index contributed by atoms with van der Waals surface area (Å²) in [5.74, 6) is -0.578. The second-order valence-corrected chi connectivity index (χ2v) is 5.40. The first-order valence-electron chi connectivity index (χ1n) is 5.65. The molecule has 3 nitrogen and oxygen atoms in total. The molecule has 0 unspecified atom stereocenters. The van der Waals surface area contributed by atoms with Crippen molar-refractivity contribution in [2.75, 3.05) is 6.54 Å². The Balaban J connectivity index is 2.74. The van der Waals surface area contributed by atoms with Gasteiger partial charge in [0.05, 0.1) is 16.1 Å². The number of carbonyl (C=O) groups is 1. The predicted molar refractivity (Wildman–Crippen MR) is 77.5 cm³/mol. The lowest BCUT2D eigenvalue weighted by atomic mass is 10.1. The summed E-state index contributed by atoms with van der Waals surface area (Å²) in [4.78, 5) is 12.1. The number of hydrogen-bond acceptors (Lipinski definition) is 2. The van der Waals surface area contributed by atoms with Crippen molar-refractivity contribution < 1.29 is 18.0 Å². The summed E-state index contributed by atoms with van der Waals surface area (Å²) in [6, 6.07) is 2.92. The van der Waals surface area contributed by atoms with Gasteiger partial charge in [0.25, 0.3) is 5.91 Å². The maximum atomic E-state index is 12.6. The molecular weight excluding hydrogens is 357 g/mol. The van der Waals surface area contributed by atoms with Crippen molar-refractivity contribution in [3.05, 3.63) is 33.8 Å². The molecule has 0 aliphatic carbocycles. The van der Waals surface area contributed by atoms with Crippen LogP contribution in [0.3, 0.4) is 0 Å². The number of alkyl halides is 3. The molecule has 3 N–H and O–H groups in total. The van der Waals surface area contributed by atoms with E-state index in [-0.39, 0.29) is 5.56 Å². The first-order chi connectivity index (χ1) is 9.21. The molecule has 0 spiro atoms. The minimum absolute atomic E-state index is 0.0600. The van der Waals surface area contributed by atoms with E-state index in [2.05, 4.69) is 33.5 Å². The van der Waals surface area contributed by atoms with Crippen molar-refractivity contribution in [3.63, 3.8) is 0 Å². The zero-order valence-corrected chi connectivity index (χ0v) is 12.7. The average Bonchev–Trinajstić information content (AvgIpc) is 2.33. The summed E-state index contributed by atoms with van der Waals surface area (Å²) in [6.45, 7) is 0.291. The number of benzene rings is 1. The molecule has 0 bridgehead atoms. The molecule has 20 heavy (non-hydrogen) atoms. The molecular formula is C12H12BrF3N2OS. The van der Waals surface area contributed by atoms with E-state index in [0.717, 1.165) is 12.1 Å². The van der Waals surface area contributed by atoms with Gasteiger partial charge in [-0.3, -0.25) is 4.79 Å². The monoisotopic (exact) mass is 368 g/mol. The SMILES string of the molecule is NC(=S)CCCNC(=O)c1cc(C(F)(F)F)ccc1Br. The van der Waals surface area contributed by atoms with Gasteiger partial charge >= 0.3 is 6.18 Å². The molecule has 1 aromatic carbocycles. The van der Waals surface area contributed by atoms with Crippen LogP contribution in [0.4, 0.5) is 13.2 Å². The van der Waals surface area contributed by atoms with Gasteiger partial charge in [0.1, 0.15) is 0 Å². The Morgan fingerprint density at radius 2 is 2.05 bits per heavy atom. The van der Waals surface area contributed by atoms with Crippen LogP contribution < -0.4 is 11.1 Å². The van der Waals surface area contributed by atoms with Crippen molar-refractivity contribution in [1.82, 2.24) is 5.32 Å². The van der Waals surface area contributed by atoms with Gasteiger partial charge in [-0.15, -0.1) is 0 Å². The Morgan fingerprint density at radius 3 is 2.60 bits per heavy atom. The van der Waals surface area contributed by atoms with Crippen LogP contribution in [0.2, 0.25) is 0 Å². The number of amides is 1. The highest BCUT2D eigenvalue weighted by atomic mass is 79.9. The molecule has 0 saturated heterocycles. The first-order valence-corrected chi connectivity index (χ1v) is 6.85. The second-order valence-electron chi connectivity index (χ2n) is 4.02. The summed E-state index contributed by atoms with van der Waals surface area (Å²) in [6.07, 6.45) is -3.47. The molecule has 0 aromatic heterocycles. The Hall–Kier alpha value is -1.15. The Bertz CT molecular complexity index is 520. The van der Waals surface area contributed by atoms with E-state index in [1.54, 1.807) is 0 Å². The average molecular weight is 369 g/mol. The van der Waals surface area contributed by atoms with Gasteiger partial charge in [0.2, 0.25) is 0 Å². The molecule has 0 radical (unpaired) electrons. The van der Waals surface area contributed by atoms with Crippen molar-refractivity contribution in [2.24, 2.45) is 5.73 Å². The summed E-state index contributed by atoms with van der Waals surface area (Å²) in [5.41, 5.74) is 4.37. The van der Waals surface area contributed by atoms with Gasteiger partial charge in [-0.1, -0.05) is 12.2 Å². The van der Waals surface area contributed by atoms with Gasteiger partial charge in [-0.05, 0) is 47.0 Å². The number of carbonyl (C=O) groups excluding carboxylic acids is 1. The van der Waals surface area contributed by atoms with Crippen molar-refractivity contribution >= 4 is 39.0 Å². The standard InChI is InChI=1S/C12H12BrF3N2OS/c13-9-4-3-7(12(14,15)16)6-8(9)11(19)18-5-1-2-10(17)20/h3-4,6H,1-2,5H2,(H2,17,20)(H,18,19). The smallest absolute Gasteiger partial charge is 0.393 e. The highest BCUT2D eigenvalue weighted by Gasteiger charge is 2.31. The predicted octanol–water partition coefficient (Wildman–Crippen LogP) is 3.26. The summed E-state index contributed by atoms with van der Waals surface area (Å²) in [5, 5.41) is 2.52. The first kappa shape index (κ1) is 16.9. The quantitative estimate of drug-likeness (QED) is 0.619. The van der Waals surface area contributed by atoms with Crippen LogP contribution in [0.15, 0.2) is 22.7 Å². The van der Waals surface area contributed by atoms with Crippen LogP contribution >= 0.6 is 28.1 Å². The van der Waals surface area contributed by atoms with Crippen LogP contribution in [0, 0.1) is 0 Å². The molecule has 1 aromatic rings. The molecule has 0 atom stereocenters. The second kappa shape index (κ2) is 7.03. The van der Waals surface area contributed by atoms with Gasteiger partial charge < -0.3 is 11.1 Å². The fourth-order valence-corrected chi connectivity index (χ4v) is 2.01. The maximum Gasteiger partial charge on any atom is 0.416 e. The summed E-state index contributed by atoms with van der Waals surface area (Å²) >= 11 is 7.74. The van der Waals surface area contributed by atoms with E-state index in [1.165, 1.54) is 6.07 Å². The van der Waals surface area contributed by atoms with Crippen molar-refractivity contribution in [1.29, 1.82) is 0 Å². The molecule has 1 amide bonds. The van der Waals surface area contributed by atoms with E-state index in [0.29, 0.717) is 28.8 Å². The molecule has 8 heteroatoms. The third-order valence-electron chi connectivity index (χ3n) is 2.42. The summed E-state index contributed by atoms with van der Waals surface area (Å²) in [7, 11) is 0. The molecule has 0 saturated carbocycles. The number of halogens is 4. The van der Waals surface area contributed by atoms with Crippen LogP contribution in [0.1, 0.15) is 28.8 Å². The third kappa shape index (κ3) is 5.09. The van der Waals surface area contributed by atoms with E-state index in [9.17, 15) is 18.0 Å². The zero-order chi connectivity index (χ0) is 15.3. The number of rotatable bonds is 5. The molecule has 0 fully saturated rings. The lowest BCUT2D eigenvalue weighted by Gasteiger charge is -2.11. The Labute approximate surface area is 127 Å². The fourth-order valence-electron chi connectivity index (χ4n) is 1.44. The van der Waals surface area contributed by atoms with Gasteiger partial charge in [-0.2, -0.15) is 13.2 Å². The Morgan fingerprint density at radius 1 is 1.40 bits per heavy atom. The minimum atomic E-state index is -4.48. The van der Waals surface area contributed by atoms with E-state index in [4.69, 9.17) is 5.73 Å². The molecule has 0 aliphatic heterocycles. The molecule has 0 heterocycles. The maximum absolute atomic E-state index is 12.6. The normalized spacial score (nSPS) is 11.2. The van der Waals surface area contributed by atoms with Crippen LogP contribution in [-0.2, 0) is 6.18 Å². The zero-order valence-electron chi connectivity index (χ0n) is 10.3. The lowest BCUT2D eigenvalue weighted by Crippen LogP contribution is -2.26. The topological polar surface area (TPSA) is 55.1 Å². The van der Waals surface area contributed by atoms with Crippen LogP contribution in [0.5, 0.6) is 0 Å². The van der Waals surface area contributed by atoms with E-state index < -0.39 is 17.6 Å². The van der Waals surface area contributed by atoms with Gasteiger partial charge in [0, 0.05) is 11.0 Å². The highest BCUT2D eigenvalue weighted by molar-refractivity contribution is 9.10. The fraction of sp³-hybridized carbons (Fsp3) is 0.333.